The lowest BCUT2D eigenvalue weighted by atomic mass is 10.0. The van der Waals surface area contributed by atoms with Crippen molar-refractivity contribution < 1.29 is 0 Å². The van der Waals surface area contributed by atoms with Gasteiger partial charge in [-0.25, -0.2) is 0 Å². The largest absolute Gasteiger partial charge is 0.129 e. The molecule has 0 amide bonds. The molecule has 0 nitrogen and oxygen atoms in total. The molecule has 1 aliphatic carbocycles. The molecule has 0 aromatic heterocycles. The Morgan fingerprint density at radius 1 is 1.12 bits per heavy atom. The van der Waals surface area contributed by atoms with Crippen LogP contribution in [-0.4, -0.2) is 0 Å². The molecule has 0 N–H and O–H groups in total. The van der Waals surface area contributed by atoms with Gasteiger partial charge in [-0.1, -0.05) is 48.1 Å². The summed E-state index contributed by atoms with van der Waals surface area (Å²) in [4.78, 5) is 0. The van der Waals surface area contributed by atoms with Gasteiger partial charge in [0.15, 0.2) is 0 Å². The zero-order valence-electron chi connectivity index (χ0n) is 9.56. The van der Waals surface area contributed by atoms with Crippen LogP contribution in [0.25, 0.3) is 0 Å². The van der Waals surface area contributed by atoms with Gasteiger partial charge in [0.25, 0.3) is 0 Å². The van der Waals surface area contributed by atoms with Gasteiger partial charge >= 0.3 is 0 Å². The fraction of sp³-hybridized carbons (Fsp3) is 0.333. The van der Waals surface area contributed by atoms with Crippen LogP contribution < -0.4 is 0 Å². The highest BCUT2D eigenvalue weighted by molar-refractivity contribution is 8.01. The Balaban J connectivity index is 1.75. The van der Waals surface area contributed by atoms with Gasteiger partial charge in [-0.3, -0.25) is 0 Å². The summed E-state index contributed by atoms with van der Waals surface area (Å²) in [6.45, 7) is 0. The minimum atomic E-state index is 1.07. The highest BCUT2D eigenvalue weighted by Crippen LogP contribution is 2.20. The zero-order chi connectivity index (χ0) is 11.1. The third-order valence-corrected chi connectivity index (χ3v) is 3.63. The molecule has 0 saturated heterocycles. The maximum atomic E-state index is 2.38. The average molecular weight is 230 g/mol. The molecule has 1 aromatic carbocycles. The first kappa shape index (κ1) is 11.5. The van der Waals surface area contributed by atoms with E-state index in [2.05, 4.69) is 47.9 Å². The van der Waals surface area contributed by atoms with E-state index >= 15 is 0 Å². The van der Waals surface area contributed by atoms with Crippen LogP contribution in [0.1, 0.15) is 31.2 Å². The quantitative estimate of drug-likeness (QED) is 0.706. The van der Waals surface area contributed by atoms with Gasteiger partial charge in [0, 0.05) is 5.75 Å². The molecule has 1 aliphatic rings. The van der Waals surface area contributed by atoms with Gasteiger partial charge < -0.3 is 0 Å². The molecule has 0 fully saturated rings. The van der Waals surface area contributed by atoms with Crippen molar-refractivity contribution in [1.82, 2.24) is 0 Å². The fourth-order valence-corrected chi connectivity index (χ4v) is 2.62. The molecule has 0 heterocycles. The van der Waals surface area contributed by atoms with Crippen LogP contribution in [0, 0.1) is 0 Å². The van der Waals surface area contributed by atoms with Crippen molar-refractivity contribution in [3.05, 3.63) is 59.0 Å². The minimum Gasteiger partial charge on any atom is -0.129 e. The number of hydrogen-bond acceptors (Lipinski definition) is 1. The summed E-state index contributed by atoms with van der Waals surface area (Å²) >= 11 is 1.88. The molecule has 2 rings (SSSR count). The molecule has 0 atom stereocenters. The molecule has 1 heteroatoms. The lowest BCUT2D eigenvalue weighted by Crippen LogP contribution is -1.87. The second-order valence-electron chi connectivity index (χ2n) is 4.12. The molecule has 1 aromatic rings. The molecule has 0 radical (unpaired) electrons. The first-order valence-corrected chi connectivity index (χ1v) is 7.01. The number of benzene rings is 1. The third-order valence-electron chi connectivity index (χ3n) is 2.80. The Hall–Kier alpha value is -0.950. The van der Waals surface area contributed by atoms with Crippen molar-refractivity contribution in [1.29, 1.82) is 0 Å². The monoisotopic (exact) mass is 230 g/mol. The maximum absolute atomic E-state index is 2.38. The Labute approximate surface area is 102 Å². The van der Waals surface area contributed by atoms with E-state index in [0.29, 0.717) is 0 Å². The molecule has 0 spiro atoms. The minimum absolute atomic E-state index is 1.07. The van der Waals surface area contributed by atoms with Crippen LogP contribution >= 0.6 is 11.8 Å². The van der Waals surface area contributed by atoms with E-state index in [-0.39, 0.29) is 0 Å². The van der Waals surface area contributed by atoms with E-state index in [9.17, 15) is 0 Å². The molecule has 84 valence electrons. The molecular weight excluding hydrogens is 212 g/mol. The summed E-state index contributed by atoms with van der Waals surface area (Å²) in [5, 5.41) is 2.24. The molecule has 0 bridgehead atoms. The Morgan fingerprint density at radius 2 is 2.00 bits per heavy atom. The first-order valence-electron chi connectivity index (χ1n) is 5.96. The smallest absolute Gasteiger partial charge is 0.0226 e. The zero-order valence-corrected chi connectivity index (χ0v) is 10.4. The average Bonchev–Trinajstić information content (AvgIpc) is 2.37. The van der Waals surface area contributed by atoms with E-state index in [1.165, 1.54) is 36.8 Å². The third kappa shape index (κ3) is 3.90. The van der Waals surface area contributed by atoms with Gasteiger partial charge in [0.05, 0.1) is 0 Å². The van der Waals surface area contributed by atoms with Gasteiger partial charge in [-0.2, -0.15) is 0 Å². The highest BCUT2D eigenvalue weighted by Gasteiger charge is 1.99. The normalized spacial score (nSPS) is 16.4. The Kier molecular flexibility index (Phi) is 4.75. The van der Waals surface area contributed by atoms with Crippen LogP contribution in [0.3, 0.4) is 0 Å². The molecular formula is C15H18S. The van der Waals surface area contributed by atoms with Crippen molar-refractivity contribution >= 4 is 11.8 Å². The number of hydrogen-bond donors (Lipinski definition) is 0. The van der Waals surface area contributed by atoms with Gasteiger partial charge in [-0.15, -0.1) is 11.8 Å². The summed E-state index contributed by atoms with van der Waals surface area (Å²) in [5.74, 6) is 1.07. The summed E-state index contributed by atoms with van der Waals surface area (Å²) in [6, 6.07) is 10.6. The van der Waals surface area contributed by atoms with Gasteiger partial charge in [0.2, 0.25) is 0 Å². The van der Waals surface area contributed by atoms with E-state index in [1.54, 1.807) is 0 Å². The molecule has 0 unspecified atom stereocenters. The standard InChI is InChI=1S/C15H18S/c1-3-7-14(8-4-1)11-12-16-13-15-9-5-2-6-10-15/h2,5-7,9-12H,1,3-4,8,13H2/b12-11+. The first-order chi connectivity index (χ1) is 7.95. The second kappa shape index (κ2) is 6.59. The number of allylic oxidation sites excluding steroid dienone is 3. The van der Waals surface area contributed by atoms with Crippen molar-refractivity contribution in [2.24, 2.45) is 0 Å². The van der Waals surface area contributed by atoms with Crippen molar-refractivity contribution in [3.63, 3.8) is 0 Å². The predicted octanol–water partition coefficient (Wildman–Crippen LogP) is 4.93. The number of rotatable bonds is 4. The summed E-state index contributed by atoms with van der Waals surface area (Å²) in [7, 11) is 0. The number of thioether (sulfide) groups is 1. The summed E-state index contributed by atoms with van der Waals surface area (Å²) < 4.78 is 0. The maximum Gasteiger partial charge on any atom is 0.0226 e. The van der Waals surface area contributed by atoms with E-state index in [1.807, 2.05) is 11.8 Å². The lowest BCUT2D eigenvalue weighted by Gasteiger charge is -2.07. The van der Waals surface area contributed by atoms with Crippen LogP contribution in [0.5, 0.6) is 0 Å². The lowest BCUT2D eigenvalue weighted by molar-refractivity contribution is 0.712. The van der Waals surface area contributed by atoms with Crippen molar-refractivity contribution in [3.8, 4) is 0 Å². The van der Waals surface area contributed by atoms with Crippen LogP contribution in [0.2, 0.25) is 0 Å². The Morgan fingerprint density at radius 3 is 2.75 bits per heavy atom. The van der Waals surface area contributed by atoms with E-state index in [0.717, 1.165) is 5.75 Å². The fourth-order valence-electron chi connectivity index (χ4n) is 1.87. The highest BCUT2D eigenvalue weighted by atomic mass is 32.2. The van der Waals surface area contributed by atoms with Gasteiger partial charge in [-0.05, 0) is 36.7 Å². The summed E-state index contributed by atoms with van der Waals surface area (Å²) in [5.41, 5.74) is 2.92. The topological polar surface area (TPSA) is 0 Å². The summed E-state index contributed by atoms with van der Waals surface area (Å²) in [6.07, 6.45) is 9.93. The van der Waals surface area contributed by atoms with E-state index in [4.69, 9.17) is 0 Å². The Bertz CT molecular complexity index is 362. The molecule has 0 aliphatic heterocycles. The predicted molar refractivity (Wildman–Crippen MR) is 73.4 cm³/mol. The van der Waals surface area contributed by atoms with E-state index < -0.39 is 0 Å². The van der Waals surface area contributed by atoms with Crippen molar-refractivity contribution in [2.45, 2.75) is 31.4 Å². The second-order valence-corrected chi connectivity index (χ2v) is 5.02. The molecule has 0 saturated carbocycles. The molecule has 16 heavy (non-hydrogen) atoms. The van der Waals surface area contributed by atoms with Gasteiger partial charge in [0.1, 0.15) is 0 Å². The van der Waals surface area contributed by atoms with Crippen molar-refractivity contribution in [2.75, 3.05) is 0 Å². The van der Waals surface area contributed by atoms with Crippen LogP contribution in [-0.2, 0) is 5.75 Å². The SMILES string of the molecule is C1=C(/C=C/SCc2ccccc2)CCCC1. The van der Waals surface area contributed by atoms with Crippen LogP contribution in [0.15, 0.2) is 53.5 Å². The van der Waals surface area contributed by atoms with Crippen LogP contribution in [0.4, 0.5) is 0 Å².